The first-order valence-corrected chi connectivity index (χ1v) is 10.7. The standard InChI is InChI=1S/C23H23F3N4OS/c1-22(2,3)16-9-7-15(8-10-16)13-27-30-20(31)12-19-14-32-21(29-19)28-18-6-4-5-17(11-18)23(24,25)26/h4-11,13-14H,12H2,1-3H3,(H,28,29)(H,30,31)/b27-13-. The highest BCUT2D eigenvalue weighted by atomic mass is 32.1. The Balaban J connectivity index is 1.53. The van der Waals surface area contributed by atoms with E-state index in [2.05, 4.69) is 41.6 Å². The molecule has 0 radical (unpaired) electrons. The van der Waals surface area contributed by atoms with E-state index in [4.69, 9.17) is 0 Å². The number of anilines is 2. The summed E-state index contributed by atoms with van der Waals surface area (Å²) in [6.07, 6.45) is -2.86. The monoisotopic (exact) mass is 460 g/mol. The molecule has 3 rings (SSSR count). The summed E-state index contributed by atoms with van der Waals surface area (Å²) in [7, 11) is 0. The molecule has 0 aliphatic heterocycles. The summed E-state index contributed by atoms with van der Waals surface area (Å²) in [6.45, 7) is 6.40. The first-order chi connectivity index (χ1) is 15.0. The summed E-state index contributed by atoms with van der Waals surface area (Å²) in [5.41, 5.74) is 4.60. The number of rotatable bonds is 6. The fourth-order valence-electron chi connectivity index (χ4n) is 2.79. The van der Waals surface area contributed by atoms with Crippen molar-refractivity contribution in [3.63, 3.8) is 0 Å². The van der Waals surface area contributed by atoms with E-state index in [1.54, 1.807) is 11.6 Å². The Bertz CT molecular complexity index is 1100. The van der Waals surface area contributed by atoms with Crippen LogP contribution in [-0.2, 0) is 22.8 Å². The summed E-state index contributed by atoms with van der Waals surface area (Å²) in [5.74, 6) is -0.344. The number of hydrogen-bond donors (Lipinski definition) is 2. The first-order valence-electron chi connectivity index (χ1n) is 9.82. The highest BCUT2D eigenvalue weighted by molar-refractivity contribution is 7.13. The molecule has 0 aliphatic carbocycles. The molecule has 0 fully saturated rings. The van der Waals surface area contributed by atoms with Crippen LogP contribution in [0.1, 0.15) is 43.2 Å². The van der Waals surface area contributed by atoms with Crippen molar-refractivity contribution in [2.75, 3.05) is 5.32 Å². The number of halogens is 3. The maximum atomic E-state index is 12.8. The number of carbonyl (C=O) groups is 1. The molecule has 1 aromatic heterocycles. The molecule has 3 aromatic rings. The molecule has 5 nitrogen and oxygen atoms in total. The summed E-state index contributed by atoms with van der Waals surface area (Å²) in [6, 6.07) is 12.8. The zero-order valence-corrected chi connectivity index (χ0v) is 18.6. The molecule has 0 bridgehead atoms. The van der Waals surface area contributed by atoms with Crippen molar-refractivity contribution in [3.05, 3.63) is 76.3 Å². The van der Waals surface area contributed by atoms with Gasteiger partial charge in [-0.3, -0.25) is 4.79 Å². The number of nitrogens with zero attached hydrogens (tertiary/aromatic N) is 2. The molecule has 0 unspecified atom stereocenters. The second kappa shape index (κ2) is 9.52. The van der Waals surface area contributed by atoms with Crippen LogP contribution >= 0.6 is 11.3 Å². The van der Waals surface area contributed by atoms with Gasteiger partial charge in [-0.2, -0.15) is 18.3 Å². The second-order valence-electron chi connectivity index (χ2n) is 8.19. The first kappa shape index (κ1) is 23.5. The number of aromatic nitrogens is 1. The quantitative estimate of drug-likeness (QED) is 0.356. The number of amides is 1. The molecule has 2 aromatic carbocycles. The molecule has 1 heterocycles. The Hall–Kier alpha value is -3.20. The third-order valence-electron chi connectivity index (χ3n) is 4.51. The number of hydrazone groups is 1. The Morgan fingerprint density at radius 2 is 1.81 bits per heavy atom. The number of carbonyl (C=O) groups excluding carboxylic acids is 1. The number of hydrogen-bond acceptors (Lipinski definition) is 5. The second-order valence-corrected chi connectivity index (χ2v) is 9.05. The molecule has 0 spiro atoms. The minimum absolute atomic E-state index is 0.00106. The average molecular weight is 461 g/mol. The average Bonchev–Trinajstić information content (AvgIpc) is 3.14. The maximum absolute atomic E-state index is 12.8. The van der Waals surface area contributed by atoms with Crippen molar-refractivity contribution in [2.24, 2.45) is 5.10 Å². The SMILES string of the molecule is CC(C)(C)c1ccc(/C=N\NC(=O)Cc2csc(Nc3cccc(C(F)(F)F)c3)n2)cc1. The molecule has 32 heavy (non-hydrogen) atoms. The lowest BCUT2D eigenvalue weighted by Gasteiger charge is -2.18. The zero-order valence-electron chi connectivity index (χ0n) is 17.8. The van der Waals surface area contributed by atoms with Crippen LogP contribution in [0.2, 0.25) is 0 Å². The van der Waals surface area contributed by atoms with Gasteiger partial charge in [-0.25, -0.2) is 10.4 Å². The highest BCUT2D eigenvalue weighted by Crippen LogP contribution is 2.31. The molecule has 0 aliphatic rings. The number of benzene rings is 2. The lowest BCUT2D eigenvalue weighted by Crippen LogP contribution is -2.20. The van der Waals surface area contributed by atoms with Gasteiger partial charge in [0.1, 0.15) is 0 Å². The highest BCUT2D eigenvalue weighted by Gasteiger charge is 2.30. The Labute approximate surface area is 188 Å². The predicted molar refractivity (Wildman–Crippen MR) is 121 cm³/mol. The van der Waals surface area contributed by atoms with Crippen LogP contribution in [-0.4, -0.2) is 17.1 Å². The van der Waals surface area contributed by atoms with E-state index in [9.17, 15) is 18.0 Å². The third kappa shape index (κ3) is 6.65. The lowest BCUT2D eigenvalue weighted by atomic mass is 9.87. The van der Waals surface area contributed by atoms with Gasteiger partial charge in [0.05, 0.1) is 23.9 Å². The van der Waals surface area contributed by atoms with Crippen molar-refractivity contribution in [1.29, 1.82) is 0 Å². The van der Waals surface area contributed by atoms with Gasteiger partial charge in [0.25, 0.3) is 0 Å². The normalized spacial score (nSPS) is 12.2. The van der Waals surface area contributed by atoms with Crippen LogP contribution in [0, 0.1) is 0 Å². The number of nitrogens with one attached hydrogen (secondary N) is 2. The third-order valence-corrected chi connectivity index (χ3v) is 5.32. The van der Waals surface area contributed by atoms with E-state index in [1.807, 2.05) is 24.3 Å². The topological polar surface area (TPSA) is 66.4 Å². The van der Waals surface area contributed by atoms with E-state index >= 15 is 0 Å². The molecule has 9 heteroatoms. The van der Waals surface area contributed by atoms with Crippen LogP contribution in [0.15, 0.2) is 59.0 Å². The molecule has 0 saturated carbocycles. The van der Waals surface area contributed by atoms with Gasteiger partial charge in [-0.05, 0) is 34.7 Å². The van der Waals surface area contributed by atoms with Crippen molar-refractivity contribution in [2.45, 2.75) is 38.8 Å². The van der Waals surface area contributed by atoms with Gasteiger partial charge >= 0.3 is 6.18 Å². The zero-order chi connectivity index (χ0) is 23.4. The minimum Gasteiger partial charge on any atom is -0.332 e. The summed E-state index contributed by atoms with van der Waals surface area (Å²) >= 11 is 1.20. The summed E-state index contributed by atoms with van der Waals surface area (Å²) in [5, 5.41) is 8.87. The van der Waals surface area contributed by atoms with Gasteiger partial charge in [0.2, 0.25) is 5.91 Å². The Morgan fingerprint density at radius 3 is 2.47 bits per heavy atom. The van der Waals surface area contributed by atoms with E-state index in [-0.39, 0.29) is 23.4 Å². The molecule has 2 N–H and O–H groups in total. The Morgan fingerprint density at radius 1 is 1.09 bits per heavy atom. The summed E-state index contributed by atoms with van der Waals surface area (Å²) in [4.78, 5) is 16.4. The van der Waals surface area contributed by atoms with Crippen molar-refractivity contribution in [3.8, 4) is 0 Å². The van der Waals surface area contributed by atoms with Crippen LogP contribution in [0.4, 0.5) is 24.0 Å². The molecule has 0 saturated heterocycles. The van der Waals surface area contributed by atoms with Gasteiger partial charge < -0.3 is 5.32 Å². The van der Waals surface area contributed by atoms with Crippen LogP contribution in [0.5, 0.6) is 0 Å². The number of alkyl halides is 3. The lowest BCUT2D eigenvalue weighted by molar-refractivity contribution is -0.137. The molecular weight excluding hydrogens is 437 g/mol. The van der Waals surface area contributed by atoms with Crippen LogP contribution in [0.3, 0.4) is 0 Å². The fourth-order valence-corrected chi connectivity index (χ4v) is 3.52. The number of thiazole rings is 1. The van der Waals surface area contributed by atoms with E-state index in [1.165, 1.54) is 29.0 Å². The predicted octanol–water partition coefficient (Wildman–Crippen LogP) is 5.90. The van der Waals surface area contributed by atoms with Gasteiger partial charge in [0.15, 0.2) is 5.13 Å². The summed E-state index contributed by atoms with van der Waals surface area (Å²) < 4.78 is 38.5. The van der Waals surface area contributed by atoms with Crippen LogP contribution < -0.4 is 10.7 Å². The van der Waals surface area contributed by atoms with Gasteiger partial charge in [-0.1, -0.05) is 51.1 Å². The van der Waals surface area contributed by atoms with E-state index < -0.39 is 11.7 Å². The molecule has 0 atom stereocenters. The smallest absolute Gasteiger partial charge is 0.332 e. The van der Waals surface area contributed by atoms with Crippen molar-refractivity contribution >= 4 is 34.3 Å². The van der Waals surface area contributed by atoms with E-state index in [0.29, 0.717) is 10.8 Å². The van der Waals surface area contributed by atoms with Gasteiger partial charge in [0, 0.05) is 11.1 Å². The maximum Gasteiger partial charge on any atom is 0.416 e. The van der Waals surface area contributed by atoms with Crippen LogP contribution in [0.25, 0.3) is 0 Å². The van der Waals surface area contributed by atoms with Crippen molar-refractivity contribution < 1.29 is 18.0 Å². The minimum atomic E-state index is -4.42. The molecule has 1 amide bonds. The van der Waals surface area contributed by atoms with Gasteiger partial charge in [-0.15, -0.1) is 11.3 Å². The Kier molecular flexibility index (Phi) is 6.98. The van der Waals surface area contributed by atoms with Crippen molar-refractivity contribution in [1.82, 2.24) is 10.4 Å². The largest absolute Gasteiger partial charge is 0.416 e. The molecule has 168 valence electrons. The fraction of sp³-hybridized carbons (Fsp3) is 0.261. The molecular formula is C23H23F3N4OS. The van der Waals surface area contributed by atoms with E-state index in [0.717, 1.165) is 17.7 Å².